The third kappa shape index (κ3) is 2.76. The first kappa shape index (κ1) is 15.5. The van der Waals surface area contributed by atoms with E-state index >= 15 is 0 Å². The van der Waals surface area contributed by atoms with Gasteiger partial charge < -0.3 is 18.6 Å². The summed E-state index contributed by atoms with van der Waals surface area (Å²) in [5.41, 5.74) is 0.724. The zero-order valence-electron chi connectivity index (χ0n) is 14.1. The SMILES string of the molecule is Cc1ccc(CN2CCO[C@H]3CN(C(=O)c4cccn4C)C[C@H]32)o1. The Labute approximate surface area is 141 Å². The van der Waals surface area contributed by atoms with Gasteiger partial charge in [-0.25, -0.2) is 0 Å². The van der Waals surface area contributed by atoms with Gasteiger partial charge in [-0.2, -0.15) is 0 Å². The molecule has 0 aliphatic carbocycles. The molecule has 1 amide bonds. The highest BCUT2D eigenvalue weighted by Gasteiger charge is 2.42. The Morgan fingerprint density at radius 3 is 2.88 bits per heavy atom. The van der Waals surface area contributed by atoms with Crippen molar-refractivity contribution in [3.05, 3.63) is 47.7 Å². The quantitative estimate of drug-likeness (QED) is 0.859. The molecule has 6 nitrogen and oxygen atoms in total. The minimum Gasteiger partial charge on any atom is -0.465 e. The van der Waals surface area contributed by atoms with Crippen molar-refractivity contribution < 1.29 is 13.9 Å². The predicted molar refractivity (Wildman–Crippen MR) is 88.7 cm³/mol. The average molecular weight is 329 g/mol. The van der Waals surface area contributed by atoms with Crippen molar-refractivity contribution in [3.63, 3.8) is 0 Å². The number of hydrogen-bond acceptors (Lipinski definition) is 4. The topological polar surface area (TPSA) is 50.9 Å². The van der Waals surface area contributed by atoms with Gasteiger partial charge in [0.1, 0.15) is 17.2 Å². The molecule has 2 aliphatic heterocycles. The number of furan rings is 1. The van der Waals surface area contributed by atoms with Crippen LogP contribution in [0, 0.1) is 6.92 Å². The minimum absolute atomic E-state index is 0.0780. The van der Waals surface area contributed by atoms with Crippen molar-refractivity contribution in [1.82, 2.24) is 14.4 Å². The molecule has 4 heterocycles. The molecule has 0 N–H and O–H groups in total. The van der Waals surface area contributed by atoms with Gasteiger partial charge in [-0.3, -0.25) is 9.69 Å². The Kier molecular flexibility index (Phi) is 3.94. The summed E-state index contributed by atoms with van der Waals surface area (Å²) in [6, 6.07) is 8.02. The van der Waals surface area contributed by atoms with Crippen LogP contribution in [0.2, 0.25) is 0 Å². The maximum Gasteiger partial charge on any atom is 0.270 e. The van der Waals surface area contributed by atoms with E-state index in [1.807, 2.05) is 53.9 Å². The summed E-state index contributed by atoms with van der Waals surface area (Å²) in [5.74, 6) is 1.98. The highest BCUT2D eigenvalue weighted by molar-refractivity contribution is 5.93. The van der Waals surface area contributed by atoms with E-state index in [1.54, 1.807) is 0 Å². The van der Waals surface area contributed by atoms with Gasteiger partial charge in [-0.1, -0.05) is 0 Å². The average Bonchev–Trinajstić information content (AvgIpc) is 3.27. The Hall–Kier alpha value is -2.05. The number of ether oxygens (including phenoxy) is 1. The first-order chi connectivity index (χ1) is 11.6. The van der Waals surface area contributed by atoms with Crippen molar-refractivity contribution in [2.24, 2.45) is 7.05 Å². The highest BCUT2D eigenvalue weighted by Crippen LogP contribution is 2.26. The molecule has 2 aromatic heterocycles. The lowest BCUT2D eigenvalue weighted by atomic mass is 10.1. The molecular formula is C18H23N3O3. The third-order valence-corrected chi connectivity index (χ3v) is 5.02. The number of nitrogens with zero attached hydrogens (tertiary/aromatic N) is 3. The molecule has 24 heavy (non-hydrogen) atoms. The Bertz CT molecular complexity index is 735. The molecule has 128 valence electrons. The van der Waals surface area contributed by atoms with Crippen LogP contribution in [0.3, 0.4) is 0 Å². The van der Waals surface area contributed by atoms with Crippen LogP contribution >= 0.6 is 0 Å². The Morgan fingerprint density at radius 2 is 2.17 bits per heavy atom. The number of carbonyl (C=O) groups excluding carboxylic acids is 1. The smallest absolute Gasteiger partial charge is 0.270 e. The summed E-state index contributed by atoms with van der Waals surface area (Å²) in [6.45, 7) is 5.66. The molecule has 0 unspecified atom stereocenters. The molecule has 0 spiro atoms. The summed E-state index contributed by atoms with van der Waals surface area (Å²) in [6.07, 6.45) is 1.98. The number of morpholine rings is 1. The summed E-state index contributed by atoms with van der Waals surface area (Å²) in [7, 11) is 1.90. The number of hydrogen-bond donors (Lipinski definition) is 0. The van der Waals surface area contributed by atoms with Gasteiger partial charge in [0, 0.05) is 32.9 Å². The summed E-state index contributed by atoms with van der Waals surface area (Å²) in [4.78, 5) is 17.0. The van der Waals surface area contributed by atoms with Crippen molar-refractivity contribution >= 4 is 5.91 Å². The van der Waals surface area contributed by atoms with Crippen LogP contribution in [-0.4, -0.2) is 58.7 Å². The van der Waals surface area contributed by atoms with Gasteiger partial charge in [-0.15, -0.1) is 0 Å². The van der Waals surface area contributed by atoms with Gasteiger partial charge in [0.15, 0.2) is 0 Å². The molecule has 2 fully saturated rings. The predicted octanol–water partition coefficient (Wildman–Crippen LogP) is 1.65. The second kappa shape index (κ2) is 6.11. The van der Waals surface area contributed by atoms with Crippen molar-refractivity contribution in [3.8, 4) is 0 Å². The molecule has 0 radical (unpaired) electrons. The standard InChI is InChI=1S/C18H23N3O3/c1-13-5-6-14(24-13)10-20-8-9-23-17-12-21(11-16(17)20)18(22)15-4-3-7-19(15)2/h3-7,16-17H,8-12H2,1-2H3/t16-,17+/m1/s1. The fourth-order valence-electron chi connectivity index (χ4n) is 3.74. The maximum atomic E-state index is 12.8. The number of likely N-dealkylation sites (tertiary alicyclic amines) is 1. The van der Waals surface area contributed by atoms with Crippen LogP contribution in [-0.2, 0) is 18.3 Å². The molecule has 4 rings (SSSR count). The van der Waals surface area contributed by atoms with E-state index in [9.17, 15) is 4.79 Å². The fraction of sp³-hybridized carbons (Fsp3) is 0.500. The molecule has 2 saturated heterocycles. The molecule has 0 aromatic carbocycles. The number of amides is 1. The zero-order valence-corrected chi connectivity index (χ0v) is 14.1. The fourth-order valence-corrected chi connectivity index (χ4v) is 3.74. The number of aromatic nitrogens is 1. The largest absolute Gasteiger partial charge is 0.465 e. The van der Waals surface area contributed by atoms with Crippen LogP contribution in [0.5, 0.6) is 0 Å². The molecular weight excluding hydrogens is 306 g/mol. The van der Waals surface area contributed by atoms with Gasteiger partial charge in [0.25, 0.3) is 5.91 Å². The van der Waals surface area contributed by atoms with Crippen molar-refractivity contribution in [2.45, 2.75) is 25.6 Å². The summed E-state index contributed by atoms with van der Waals surface area (Å²) < 4.78 is 13.5. The third-order valence-electron chi connectivity index (χ3n) is 5.02. The lowest BCUT2D eigenvalue weighted by molar-refractivity contribution is -0.0522. The number of aryl methyl sites for hydroxylation is 2. The minimum atomic E-state index is 0.0780. The monoisotopic (exact) mass is 329 g/mol. The molecule has 2 aromatic rings. The number of carbonyl (C=O) groups is 1. The Balaban J connectivity index is 1.48. The van der Waals surface area contributed by atoms with E-state index in [2.05, 4.69) is 4.90 Å². The van der Waals surface area contributed by atoms with E-state index in [1.165, 1.54) is 0 Å². The van der Waals surface area contributed by atoms with Gasteiger partial charge in [0.05, 0.1) is 25.3 Å². The zero-order chi connectivity index (χ0) is 16.7. The van der Waals surface area contributed by atoms with Crippen LogP contribution in [0.25, 0.3) is 0 Å². The second-order valence-electron chi connectivity index (χ2n) is 6.67. The molecule has 2 aliphatic rings. The first-order valence-electron chi connectivity index (χ1n) is 8.43. The van der Waals surface area contributed by atoms with E-state index in [-0.39, 0.29) is 18.1 Å². The second-order valence-corrected chi connectivity index (χ2v) is 6.67. The van der Waals surface area contributed by atoms with Crippen LogP contribution in [0.15, 0.2) is 34.9 Å². The van der Waals surface area contributed by atoms with Gasteiger partial charge in [-0.05, 0) is 31.2 Å². The Morgan fingerprint density at radius 1 is 1.29 bits per heavy atom. The lowest BCUT2D eigenvalue weighted by Gasteiger charge is -2.36. The molecule has 2 atom stereocenters. The maximum absolute atomic E-state index is 12.8. The molecule has 0 bridgehead atoms. The van der Waals surface area contributed by atoms with E-state index < -0.39 is 0 Å². The van der Waals surface area contributed by atoms with Crippen LogP contribution in [0.1, 0.15) is 22.0 Å². The van der Waals surface area contributed by atoms with E-state index in [0.29, 0.717) is 19.7 Å². The lowest BCUT2D eigenvalue weighted by Crippen LogP contribution is -2.50. The highest BCUT2D eigenvalue weighted by atomic mass is 16.5. The van der Waals surface area contributed by atoms with Crippen LogP contribution < -0.4 is 0 Å². The van der Waals surface area contributed by atoms with Gasteiger partial charge >= 0.3 is 0 Å². The first-order valence-corrected chi connectivity index (χ1v) is 8.43. The molecule has 0 saturated carbocycles. The summed E-state index contributed by atoms with van der Waals surface area (Å²) in [5, 5.41) is 0. The normalized spacial score (nSPS) is 24.3. The van der Waals surface area contributed by atoms with E-state index in [0.717, 1.165) is 30.3 Å². The number of fused-ring (bicyclic) bond motifs is 1. The van der Waals surface area contributed by atoms with Crippen LogP contribution in [0.4, 0.5) is 0 Å². The van der Waals surface area contributed by atoms with Crippen molar-refractivity contribution in [1.29, 1.82) is 0 Å². The molecule has 6 heteroatoms. The van der Waals surface area contributed by atoms with Crippen molar-refractivity contribution in [2.75, 3.05) is 26.2 Å². The summed E-state index contributed by atoms with van der Waals surface area (Å²) >= 11 is 0. The number of rotatable bonds is 3. The van der Waals surface area contributed by atoms with E-state index in [4.69, 9.17) is 9.15 Å². The van der Waals surface area contributed by atoms with Gasteiger partial charge in [0.2, 0.25) is 0 Å².